The molecular formula is C24H26N4O4. The number of ether oxygens (including phenoxy) is 2. The zero-order valence-corrected chi connectivity index (χ0v) is 18.4. The summed E-state index contributed by atoms with van der Waals surface area (Å²) in [4.78, 5) is 14.2. The van der Waals surface area contributed by atoms with Crippen molar-refractivity contribution in [3.05, 3.63) is 53.1 Å². The summed E-state index contributed by atoms with van der Waals surface area (Å²) < 4.78 is 15.3. The highest BCUT2D eigenvalue weighted by Crippen LogP contribution is 2.32. The van der Waals surface area contributed by atoms with Crippen molar-refractivity contribution in [3.8, 4) is 34.7 Å². The smallest absolute Gasteiger partial charge is 0.404 e. The summed E-state index contributed by atoms with van der Waals surface area (Å²) in [5, 5.41) is 13.6. The first-order valence-electron chi connectivity index (χ1n) is 10.5. The summed E-state index contributed by atoms with van der Waals surface area (Å²) in [7, 11) is 0. The van der Waals surface area contributed by atoms with Crippen LogP contribution in [0.15, 0.2) is 40.9 Å². The van der Waals surface area contributed by atoms with Gasteiger partial charge in [0, 0.05) is 11.1 Å². The third-order valence-corrected chi connectivity index (χ3v) is 4.81. The number of aromatic nitrogens is 2. The number of carbonyl (C=O) groups excluding carboxylic acids is 1. The van der Waals surface area contributed by atoms with Gasteiger partial charge < -0.3 is 19.7 Å². The lowest BCUT2D eigenvalue weighted by atomic mass is 10.0. The van der Waals surface area contributed by atoms with Crippen LogP contribution in [0.1, 0.15) is 43.9 Å². The van der Waals surface area contributed by atoms with Crippen molar-refractivity contribution < 1.29 is 18.8 Å². The van der Waals surface area contributed by atoms with Gasteiger partial charge in [-0.2, -0.15) is 10.2 Å². The van der Waals surface area contributed by atoms with E-state index in [4.69, 9.17) is 9.26 Å². The summed E-state index contributed by atoms with van der Waals surface area (Å²) in [6.07, 6.45) is 2.62. The molecule has 166 valence electrons. The van der Waals surface area contributed by atoms with Crippen molar-refractivity contribution in [3.63, 3.8) is 0 Å². The lowest BCUT2D eigenvalue weighted by molar-refractivity contribution is 0.163. The minimum atomic E-state index is -0.711. The van der Waals surface area contributed by atoms with Crippen molar-refractivity contribution >= 4 is 6.09 Å². The highest BCUT2D eigenvalue weighted by Gasteiger charge is 2.20. The molecule has 0 unspecified atom stereocenters. The first-order chi connectivity index (χ1) is 15.4. The Labute approximate surface area is 187 Å². The van der Waals surface area contributed by atoms with Gasteiger partial charge in [0.1, 0.15) is 11.8 Å². The fourth-order valence-corrected chi connectivity index (χ4v) is 3.53. The molecule has 4 rings (SSSR count). The Kier molecular flexibility index (Phi) is 7.45. The number of aryl methyl sites for hydroxylation is 1. The zero-order chi connectivity index (χ0) is 23.1. The van der Waals surface area contributed by atoms with Crippen LogP contribution in [0.5, 0.6) is 5.75 Å². The van der Waals surface area contributed by atoms with Crippen LogP contribution in [-0.4, -0.2) is 28.9 Å². The summed E-state index contributed by atoms with van der Waals surface area (Å²) >= 11 is 0. The molecule has 0 radical (unpaired) electrons. The zero-order valence-electron chi connectivity index (χ0n) is 18.4. The molecular weight excluding hydrogens is 408 g/mol. The molecule has 0 saturated heterocycles. The van der Waals surface area contributed by atoms with Gasteiger partial charge in [0.05, 0.1) is 18.3 Å². The molecule has 8 heteroatoms. The van der Waals surface area contributed by atoms with E-state index in [1.165, 1.54) is 17.5 Å². The van der Waals surface area contributed by atoms with Gasteiger partial charge in [-0.05, 0) is 69.4 Å². The van der Waals surface area contributed by atoms with E-state index in [-0.39, 0.29) is 6.10 Å². The molecule has 0 fully saturated rings. The van der Waals surface area contributed by atoms with E-state index in [0.717, 1.165) is 18.4 Å². The molecule has 0 saturated carbocycles. The summed E-state index contributed by atoms with van der Waals surface area (Å²) in [6.45, 7) is 5.91. The summed E-state index contributed by atoms with van der Waals surface area (Å²) in [6, 6.07) is 13.8. The third kappa shape index (κ3) is 5.43. The van der Waals surface area contributed by atoms with Gasteiger partial charge in [0.2, 0.25) is 5.82 Å². The van der Waals surface area contributed by atoms with Gasteiger partial charge in [0.15, 0.2) is 0 Å². The molecule has 8 nitrogen and oxygen atoms in total. The first-order valence-corrected chi connectivity index (χ1v) is 10.5. The molecule has 2 aromatic carbocycles. The predicted molar refractivity (Wildman–Crippen MR) is 119 cm³/mol. The summed E-state index contributed by atoms with van der Waals surface area (Å²) in [5.74, 6) is 1.56. The molecule has 1 heterocycles. The lowest BCUT2D eigenvalue weighted by Gasteiger charge is -2.11. The molecule has 1 aliphatic rings. The van der Waals surface area contributed by atoms with E-state index >= 15 is 0 Å². The van der Waals surface area contributed by atoms with Crippen LogP contribution in [-0.2, 0) is 17.6 Å². The number of nitriles is 1. The van der Waals surface area contributed by atoms with Crippen molar-refractivity contribution in [1.82, 2.24) is 10.1 Å². The Morgan fingerprint density at radius 3 is 2.75 bits per heavy atom. The Balaban J connectivity index is 0.000000427. The monoisotopic (exact) mass is 434 g/mol. The molecule has 0 bridgehead atoms. The van der Waals surface area contributed by atoms with Crippen molar-refractivity contribution in [2.45, 2.75) is 46.1 Å². The SMILES string of the molecule is CC(C)Oc1ccc(-c2nc(-c3cccc4c3CCC4)no2)cc1C#N.CCOC(N)=O. The van der Waals surface area contributed by atoms with Crippen LogP contribution in [0.2, 0.25) is 0 Å². The quantitative estimate of drug-likeness (QED) is 0.619. The van der Waals surface area contributed by atoms with E-state index in [9.17, 15) is 10.1 Å². The van der Waals surface area contributed by atoms with Crippen molar-refractivity contribution in [2.24, 2.45) is 5.73 Å². The molecule has 1 aliphatic carbocycles. The maximum atomic E-state index is 9.60. The Bertz CT molecular complexity index is 1130. The number of rotatable bonds is 5. The van der Waals surface area contributed by atoms with Gasteiger partial charge >= 0.3 is 6.09 Å². The molecule has 0 aliphatic heterocycles. The molecule has 2 N–H and O–H groups in total. The normalized spacial score (nSPS) is 11.8. The fraction of sp³-hybridized carbons (Fsp3) is 0.333. The van der Waals surface area contributed by atoms with Crippen LogP contribution in [0, 0.1) is 11.3 Å². The standard InChI is InChI=1S/C21H19N3O2.C3H7NO2/c1-13(2)25-19-10-9-15(11-16(19)12-22)21-23-20(24-26-21)18-8-4-6-14-5-3-7-17(14)18;1-2-6-3(4)5/h4,6,8-11,13H,3,5,7H2,1-2H3;2H2,1H3,(H2,4,5). The molecule has 0 atom stereocenters. The number of hydrogen-bond acceptors (Lipinski definition) is 7. The van der Waals surface area contributed by atoms with Crippen molar-refractivity contribution in [2.75, 3.05) is 6.61 Å². The molecule has 1 aromatic heterocycles. The Hall–Kier alpha value is -3.86. The van der Waals surface area contributed by atoms with Crippen LogP contribution in [0.4, 0.5) is 4.79 Å². The van der Waals surface area contributed by atoms with Crippen molar-refractivity contribution in [1.29, 1.82) is 5.26 Å². The number of nitrogens with zero attached hydrogens (tertiary/aromatic N) is 3. The van der Waals surface area contributed by atoms with Gasteiger partial charge in [-0.15, -0.1) is 0 Å². The second-order valence-electron chi connectivity index (χ2n) is 7.46. The molecule has 1 amide bonds. The van der Waals surface area contributed by atoms with E-state index in [2.05, 4.69) is 32.7 Å². The fourth-order valence-electron chi connectivity index (χ4n) is 3.53. The number of fused-ring (bicyclic) bond motifs is 1. The second kappa shape index (κ2) is 10.4. The summed E-state index contributed by atoms with van der Waals surface area (Å²) in [5.41, 5.74) is 9.44. The number of amides is 1. The minimum Gasteiger partial charge on any atom is -0.490 e. The van der Waals surface area contributed by atoms with Crippen LogP contribution in [0.3, 0.4) is 0 Å². The molecule has 3 aromatic rings. The van der Waals surface area contributed by atoms with E-state index in [0.29, 0.717) is 35.2 Å². The number of nitrogens with two attached hydrogens (primary N) is 1. The topological polar surface area (TPSA) is 124 Å². The lowest BCUT2D eigenvalue weighted by Crippen LogP contribution is -2.11. The maximum Gasteiger partial charge on any atom is 0.404 e. The number of benzene rings is 2. The predicted octanol–water partition coefficient (Wildman–Crippen LogP) is 4.65. The maximum absolute atomic E-state index is 9.60. The highest BCUT2D eigenvalue weighted by molar-refractivity contribution is 5.66. The van der Waals surface area contributed by atoms with Crippen LogP contribution in [0.25, 0.3) is 22.8 Å². The third-order valence-electron chi connectivity index (χ3n) is 4.81. The van der Waals surface area contributed by atoms with E-state index in [1.807, 2.05) is 32.0 Å². The molecule has 32 heavy (non-hydrogen) atoms. The molecule has 0 spiro atoms. The average Bonchev–Trinajstić information content (AvgIpc) is 3.43. The number of hydrogen-bond donors (Lipinski definition) is 1. The largest absolute Gasteiger partial charge is 0.490 e. The minimum absolute atomic E-state index is 0.00290. The van der Waals surface area contributed by atoms with E-state index < -0.39 is 6.09 Å². The number of primary amides is 1. The average molecular weight is 434 g/mol. The first kappa shape index (κ1) is 22.8. The van der Waals surface area contributed by atoms with E-state index in [1.54, 1.807) is 19.1 Å². The Morgan fingerprint density at radius 2 is 2.09 bits per heavy atom. The second-order valence-corrected chi connectivity index (χ2v) is 7.46. The van der Waals surface area contributed by atoms with Crippen LogP contribution < -0.4 is 10.5 Å². The van der Waals surface area contributed by atoms with Crippen LogP contribution >= 0.6 is 0 Å². The van der Waals surface area contributed by atoms with Gasteiger partial charge in [-0.1, -0.05) is 23.4 Å². The van der Waals surface area contributed by atoms with Gasteiger partial charge in [0.25, 0.3) is 5.89 Å². The van der Waals surface area contributed by atoms with Gasteiger partial charge in [-0.3, -0.25) is 0 Å². The highest BCUT2D eigenvalue weighted by atomic mass is 16.5. The van der Waals surface area contributed by atoms with Gasteiger partial charge in [-0.25, -0.2) is 4.79 Å². The Morgan fingerprint density at radius 1 is 1.28 bits per heavy atom. The number of carbonyl (C=O) groups is 1.